The van der Waals surface area contributed by atoms with E-state index in [1.807, 2.05) is 0 Å². The highest BCUT2D eigenvalue weighted by Gasteiger charge is 2.39. The van der Waals surface area contributed by atoms with Crippen molar-refractivity contribution in [2.24, 2.45) is 0 Å². The molecule has 1 aliphatic rings. The first kappa shape index (κ1) is 10.4. The van der Waals surface area contributed by atoms with Gasteiger partial charge in [-0.3, -0.25) is 0 Å². The number of allylic oxidation sites excluding steroid dienone is 3. The molecule has 0 bridgehead atoms. The van der Waals surface area contributed by atoms with Gasteiger partial charge in [-0.1, -0.05) is 19.2 Å². The zero-order valence-corrected chi connectivity index (χ0v) is 8.53. The fourth-order valence-electron chi connectivity index (χ4n) is 1.13. The minimum atomic E-state index is -2.86. The first-order valence-corrected chi connectivity index (χ1v) is 4.51. The SMILES string of the molecule is C=CC1=C(C(=C)Br)OCCC1(F)F. The minimum absolute atomic E-state index is 0.00426. The molecule has 0 saturated carbocycles. The van der Waals surface area contributed by atoms with Crippen molar-refractivity contribution in [3.63, 3.8) is 0 Å². The van der Waals surface area contributed by atoms with Crippen LogP contribution in [0.1, 0.15) is 6.42 Å². The molecule has 0 atom stereocenters. The molecule has 72 valence electrons. The number of halogens is 3. The zero-order valence-electron chi connectivity index (χ0n) is 6.95. The van der Waals surface area contributed by atoms with Gasteiger partial charge in [0.15, 0.2) is 0 Å². The maximum Gasteiger partial charge on any atom is 0.280 e. The van der Waals surface area contributed by atoms with Crippen molar-refractivity contribution in [2.75, 3.05) is 6.61 Å². The van der Waals surface area contributed by atoms with E-state index >= 15 is 0 Å². The van der Waals surface area contributed by atoms with Crippen LogP contribution in [0.25, 0.3) is 0 Å². The van der Waals surface area contributed by atoms with E-state index in [0.29, 0.717) is 4.48 Å². The highest BCUT2D eigenvalue weighted by Crippen LogP contribution is 2.38. The fourth-order valence-corrected chi connectivity index (χ4v) is 1.45. The van der Waals surface area contributed by atoms with Crippen LogP contribution in [0.15, 0.2) is 35.0 Å². The minimum Gasteiger partial charge on any atom is -0.492 e. The van der Waals surface area contributed by atoms with Gasteiger partial charge in [-0.2, -0.15) is 0 Å². The van der Waals surface area contributed by atoms with Crippen LogP contribution in [0.5, 0.6) is 0 Å². The maximum atomic E-state index is 13.2. The Kier molecular flexibility index (Phi) is 2.91. The molecule has 4 heteroatoms. The lowest BCUT2D eigenvalue weighted by Crippen LogP contribution is -2.27. The molecule has 0 N–H and O–H groups in total. The van der Waals surface area contributed by atoms with Crippen molar-refractivity contribution in [1.29, 1.82) is 0 Å². The highest BCUT2D eigenvalue weighted by molar-refractivity contribution is 9.11. The molecule has 0 aromatic heterocycles. The molecule has 0 amide bonds. The molecule has 1 aliphatic heterocycles. The molecular weight excluding hydrogens is 242 g/mol. The van der Waals surface area contributed by atoms with Crippen LogP contribution in [0.4, 0.5) is 8.78 Å². The van der Waals surface area contributed by atoms with Gasteiger partial charge in [0.05, 0.1) is 23.1 Å². The third-order valence-corrected chi connectivity index (χ3v) is 2.11. The van der Waals surface area contributed by atoms with Crippen LogP contribution in [0.3, 0.4) is 0 Å². The van der Waals surface area contributed by atoms with E-state index in [1.165, 1.54) is 0 Å². The standard InChI is InChI=1S/C9H9BrF2O/c1-3-7-8(6(2)10)13-5-4-9(7,11)12/h3H,1-2,4-5H2. The molecular formula is C9H9BrF2O. The molecule has 1 rings (SSSR count). The maximum absolute atomic E-state index is 13.2. The summed E-state index contributed by atoms with van der Waals surface area (Å²) in [5.74, 6) is -2.75. The summed E-state index contributed by atoms with van der Waals surface area (Å²) in [5, 5.41) is 0. The Morgan fingerprint density at radius 2 is 2.23 bits per heavy atom. The van der Waals surface area contributed by atoms with Gasteiger partial charge in [-0.15, -0.1) is 0 Å². The van der Waals surface area contributed by atoms with Crippen LogP contribution in [0.2, 0.25) is 0 Å². The molecule has 1 heterocycles. The molecule has 0 fully saturated rings. The Labute approximate surface area is 83.9 Å². The second-order valence-corrected chi connectivity index (χ2v) is 3.61. The average Bonchev–Trinajstić information content (AvgIpc) is 2.02. The number of hydrogen-bond acceptors (Lipinski definition) is 1. The summed E-state index contributed by atoms with van der Waals surface area (Å²) >= 11 is 3.01. The summed E-state index contributed by atoms with van der Waals surface area (Å²) < 4.78 is 31.8. The van der Waals surface area contributed by atoms with Gasteiger partial charge in [0.1, 0.15) is 5.76 Å². The van der Waals surface area contributed by atoms with E-state index < -0.39 is 5.92 Å². The summed E-state index contributed by atoms with van der Waals surface area (Å²) in [6, 6.07) is 0. The van der Waals surface area contributed by atoms with Crippen molar-refractivity contribution in [1.82, 2.24) is 0 Å². The predicted octanol–water partition coefficient (Wildman–Crippen LogP) is 3.39. The summed E-state index contributed by atoms with van der Waals surface area (Å²) in [6.07, 6.45) is 0.805. The van der Waals surface area contributed by atoms with E-state index in [0.717, 1.165) is 6.08 Å². The van der Waals surface area contributed by atoms with Gasteiger partial charge < -0.3 is 4.74 Å². The topological polar surface area (TPSA) is 9.23 Å². The second kappa shape index (κ2) is 3.62. The number of rotatable bonds is 2. The van der Waals surface area contributed by atoms with Gasteiger partial charge in [-0.25, -0.2) is 8.78 Å². The van der Waals surface area contributed by atoms with Crippen LogP contribution < -0.4 is 0 Å². The van der Waals surface area contributed by atoms with Gasteiger partial charge in [-0.05, 0) is 15.9 Å². The van der Waals surface area contributed by atoms with E-state index in [9.17, 15) is 8.78 Å². The summed E-state index contributed by atoms with van der Waals surface area (Å²) in [5.41, 5.74) is -0.194. The highest BCUT2D eigenvalue weighted by atomic mass is 79.9. The Morgan fingerprint density at radius 3 is 2.62 bits per heavy atom. The Hall–Kier alpha value is -0.640. The normalized spacial score (nSPS) is 20.8. The van der Waals surface area contributed by atoms with Crippen molar-refractivity contribution in [3.05, 3.63) is 35.0 Å². The molecule has 0 saturated heterocycles. The Morgan fingerprint density at radius 1 is 1.62 bits per heavy atom. The van der Waals surface area contributed by atoms with E-state index in [-0.39, 0.29) is 24.4 Å². The van der Waals surface area contributed by atoms with Crippen molar-refractivity contribution in [2.45, 2.75) is 12.3 Å². The molecule has 0 unspecified atom stereocenters. The van der Waals surface area contributed by atoms with Crippen molar-refractivity contribution >= 4 is 15.9 Å². The van der Waals surface area contributed by atoms with Gasteiger partial charge in [0, 0.05) is 0 Å². The van der Waals surface area contributed by atoms with Crippen molar-refractivity contribution in [3.8, 4) is 0 Å². The van der Waals surface area contributed by atoms with E-state index in [2.05, 4.69) is 29.1 Å². The molecule has 0 aromatic rings. The van der Waals surface area contributed by atoms with Gasteiger partial charge in [0.25, 0.3) is 5.92 Å². The number of alkyl halides is 2. The summed E-state index contributed by atoms with van der Waals surface area (Å²) in [7, 11) is 0. The smallest absolute Gasteiger partial charge is 0.280 e. The summed E-state index contributed by atoms with van der Waals surface area (Å²) in [4.78, 5) is 0. The fraction of sp³-hybridized carbons (Fsp3) is 0.333. The lowest BCUT2D eigenvalue weighted by atomic mass is 10.0. The third kappa shape index (κ3) is 1.99. The van der Waals surface area contributed by atoms with Crippen LogP contribution in [-0.2, 0) is 4.74 Å². The third-order valence-electron chi connectivity index (χ3n) is 1.75. The first-order chi connectivity index (χ1) is 5.99. The van der Waals surface area contributed by atoms with Crippen LogP contribution >= 0.6 is 15.9 Å². The predicted molar refractivity (Wildman–Crippen MR) is 50.8 cm³/mol. The van der Waals surface area contributed by atoms with Gasteiger partial charge in [0.2, 0.25) is 0 Å². The number of hydrogen-bond donors (Lipinski definition) is 0. The largest absolute Gasteiger partial charge is 0.492 e. The molecule has 13 heavy (non-hydrogen) atoms. The number of ether oxygens (including phenoxy) is 1. The second-order valence-electron chi connectivity index (χ2n) is 2.65. The quantitative estimate of drug-likeness (QED) is 0.730. The lowest BCUT2D eigenvalue weighted by molar-refractivity contribution is -0.00960. The average molecular weight is 251 g/mol. The first-order valence-electron chi connectivity index (χ1n) is 3.71. The lowest BCUT2D eigenvalue weighted by Gasteiger charge is -2.26. The molecule has 1 nitrogen and oxygen atoms in total. The zero-order chi connectivity index (χ0) is 10.1. The van der Waals surface area contributed by atoms with Crippen LogP contribution in [0, 0.1) is 0 Å². The molecule has 0 spiro atoms. The molecule has 0 radical (unpaired) electrons. The molecule has 0 aliphatic carbocycles. The Bertz CT molecular complexity index is 281. The monoisotopic (exact) mass is 250 g/mol. The van der Waals surface area contributed by atoms with Gasteiger partial charge >= 0.3 is 0 Å². The van der Waals surface area contributed by atoms with E-state index in [4.69, 9.17) is 4.74 Å². The van der Waals surface area contributed by atoms with E-state index in [1.54, 1.807) is 0 Å². The van der Waals surface area contributed by atoms with Crippen molar-refractivity contribution < 1.29 is 13.5 Å². The molecule has 0 aromatic carbocycles. The summed E-state index contributed by atoms with van der Waals surface area (Å²) in [6.45, 7) is 6.83. The van der Waals surface area contributed by atoms with Crippen LogP contribution in [-0.4, -0.2) is 12.5 Å². The Balaban J connectivity index is 3.17.